The molecule has 1 amide bonds. The lowest BCUT2D eigenvalue weighted by Gasteiger charge is -2.26. The van der Waals surface area contributed by atoms with Gasteiger partial charge < -0.3 is 10.6 Å². The zero-order valence-corrected chi connectivity index (χ0v) is 11.6. The quantitative estimate of drug-likeness (QED) is 0.860. The summed E-state index contributed by atoms with van der Waals surface area (Å²) in [6.45, 7) is 2.08. The van der Waals surface area contributed by atoms with E-state index in [9.17, 15) is 4.79 Å². The van der Waals surface area contributed by atoms with Crippen LogP contribution in [0.5, 0.6) is 0 Å². The van der Waals surface area contributed by atoms with E-state index in [0.29, 0.717) is 11.4 Å². The Bertz CT molecular complexity index is 391. The minimum Gasteiger partial charge on any atom is -0.396 e. The van der Waals surface area contributed by atoms with Gasteiger partial charge >= 0.3 is 0 Å². The molecule has 96 valence electrons. The zero-order chi connectivity index (χ0) is 13.0. The predicted molar refractivity (Wildman–Crippen MR) is 72.2 cm³/mol. The Labute approximate surface area is 106 Å². The lowest BCUT2D eigenvalue weighted by atomic mass is 10.2. The number of carbonyl (C=O) groups excluding carboxylic acids is 1. The molecule has 1 aromatic rings. The summed E-state index contributed by atoms with van der Waals surface area (Å²) in [4.78, 5) is 13.9. The van der Waals surface area contributed by atoms with Gasteiger partial charge in [-0.05, 0) is 12.7 Å². The lowest BCUT2D eigenvalue weighted by molar-refractivity contribution is 0.0738. The Morgan fingerprint density at radius 3 is 2.76 bits per heavy atom. The van der Waals surface area contributed by atoms with Gasteiger partial charge in [0.25, 0.3) is 5.91 Å². The summed E-state index contributed by atoms with van der Waals surface area (Å²) in [5.74, 6) is 0.815. The number of nitrogens with zero attached hydrogens (tertiary/aromatic N) is 3. The van der Waals surface area contributed by atoms with Crippen molar-refractivity contribution in [1.29, 1.82) is 0 Å². The highest BCUT2D eigenvalue weighted by Gasteiger charge is 2.23. The summed E-state index contributed by atoms with van der Waals surface area (Å²) in [5, 5.41) is 4.10. The lowest BCUT2D eigenvalue weighted by Crippen LogP contribution is -2.38. The Hall–Kier alpha value is -1.17. The topological polar surface area (TPSA) is 64.2 Å². The molecular weight excluding hydrogens is 236 g/mol. The summed E-state index contributed by atoms with van der Waals surface area (Å²) >= 11 is 1.73. The van der Waals surface area contributed by atoms with Gasteiger partial charge in [0.05, 0.1) is 5.69 Å². The van der Waals surface area contributed by atoms with Crippen LogP contribution in [0.1, 0.15) is 23.8 Å². The van der Waals surface area contributed by atoms with E-state index in [4.69, 9.17) is 5.73 Å². The van der Waals surface area contributed by atoms with E-state index in [1.807, 2.05) is 6.26 Å². The molecule has 17 heavy (non-hydrogen) atoms. The number of rotatable bonds is 5. The molecule has 5 nitrogen and oxygen atoms in total. The number of aryl methyl sites for hydroxylation is 1. The van der Waals surface area contributed by atoms with Gasteiger partial charge in [-0.1, -0.05) is 6.92 Å². The Balaban J connectivity index is 2.85. The first-order chi connectivity index (χ1) is 8.01. The molecule has 0 aliphatic rings. The monoisotopic (exact) mass is 256 g/mol. The highest BCUT2D eigenvalue weighted by molar-refractivity contribution is 7.98. The van der Waals surface area contributed by atoms with Gasteiger partial charge in [-0.25, -0.2) is 0 Å². The second-order valence-electron chi connectivity index (χ2n) is 4.04. The van der Waals surface area contributed by atoms with Crippen molar-refractivity contribution < 1.29 is 4.79 Å². The number of hydrogen-bond donors (Lipinski definition) is 1. The number of nitrogen functional groups attached to an aromatic ring is 1. The second kappa shape index (κ2) is 5.95. The fraction of sp³-hybridized carbons (Fsp3) is 0.636. The summed E-state index contributed by atoms with van der Waals surface area (Å²) in [6.07, 6.45) is 4.61. The van der Waals surface area contributed by atoms with Gasteiger partial charge in [0.1, 0.15) is 0 Å². The fourth-order valence-electron chi connectivity index (χ4n) is 1.70. The smallest absolute Gasteiger partial charge is 0.276 e. The van der Waals surface area contributed by atoms with Crippen LogP contribution < -0.4 is 5.73 Å². The maximum Gasteiger partial charge on any atom is 0.276 e. The molecule has 0 aliphatic heterocycles. The standard InChI is InChI=1S/C11H20N4OS/c1-5-8(7-17-4)15(3)11(16)10-9(12)6-14(2)13-10/h6,8H,5,7,12H2,1-4H3. The molecule has 0 saturated carbocycles. The number of aromatic nitrogens is 2. The van der Waals surface area contributed by atoms with E-state index < -0.39 is 0 Å². The van der Waals surface area contributed by atoms with Crippen LogP contribution in [0.25, 0.3) is 0 Å². The van der Waals surface area contributed by atoms with Crippen LogP contribution in [0.4, 0.5) is 5.69 Å². The number of thioether (sulfide) groups is 1. The van der Waals surface area contributed by atoms with Gasteiger partial charge in [0, 0.05) is 32.1 Å². The van der Waals surface area contributed by atoms with Crippen molar-refractivity contribution in [3.63, 3.8) is 0 Å². The molecule has 0 fully saturated rings. The van der Waals surface area contributed by atoms with Crippen molar-refractivity contribution in [2.75, 3.05) is 24.8 Å². The van der Waals surface area contributed by atoms with Crippen molar-refractivity contribution in [2.24, 2.45) is 7.05 Å². The minimum absolute atomic E-state index is 0.107. The van der Waals surface area contributed by atoms with Gasteiger partial charge in [-0.2, -0.15) is 16.9 Å². The summed E-state index contributed by atoms with van der Waals surface area (Å²) < 4.78 is 1.56. The first kappa shape index (κ1) is 13.9. The van der Waals surface area contributed by atoms with E-state index in [0.717, 1.165) is 12.2 Å². The SMILES string of the molecule is CCC(CSC)N(C)C(=O)c1nn(C)cc1N. The third-order valence-corrected chi connectivity index (χ3v) is 3.48. The number of nitrogens with two attached hydrogens (primary N) is 1. The second-order valence-corrected chi connectivity index (χ2v) is 4.95. The van der Waals surface area contributed by atoms with Crippen molar-refractivity contribution in [1.82, 2.24) is 14.7 Å². The maximum atomic E-state index is 12.2. The van der Waals surface area contributed by atoms with E-state index in [1.54, 1.807) is 41.6 Å². The van der Waals surface area contributed by atoms with Gasteiger partial charge in [0.2, 0.25) is 0 Å². The fourth-order valence-corrected chi connectivity index (χ4v) is 2.55. The average Bonchev–Trinajstić information content (AvgIpc) is 2.63. The number of amides is 1. The molecule has 0 radical (unpaired) electrons. The molecular formula is C11H20N4OS. The third kappa shape index (κ3) is 3.15. The van der Waals surface area contributed by atoms with Crippen LogP contribution in [0.2, 0.25) is 0 Å². The normalized spacial score (nSPS) is 12.5. The summed E-state index contributed by atoms with van der Waals surface area (Å²) in [7, 11) is 3.56. The van der Waals surface area contributed by atoms with Crippen molar-refractivity contribution >= 4 is 23.4 Å². The Morgan fingerprint density at radius 1 is 1.71 bits per heavy atom. The van der Waals surface area contributed by atoms with Crippen LogP contribution in [0, 0.1) is 0 Å². The number of carbonyl (C=O) groups is 1. The average molecular weight is 256 g/mol. The molecule has 1 rings (SSSR count). The van der Waals surface area contributed by atoms with Crippen molar-refractivity contribution in [2.45, 2.75) is 19.4 Å². The van der Waals surface area contributed by atoms with Gasteiger partial charge in [-0.3, -0.25) is 9.48 Å². The molecule has 0 spiro atoms. The van der Waals surface area contributed by atoms with Crippen molar-refractivity contribution in [3.05, 3.63) is 11.9 Å². The highest BCUT2D eigenvalue weighted by Crippen LogP contribution is 2.15. The first-order valence-electron chi connectivity index (χ1n) is 5.56. The van der Waals surface area contributed by atoms with Crippen LogP contribution >= 0.6 is 11.8 Å². The van der Waals surface area contributed by atoms with Crippen LogP contribution in [0.3, 0.4) is 0 Å². The molecule has 0 aliphatic carbocycles. The molecule has 2 N–H and O–H groups in total. The Kier molecular flexibility index (Phi) is 4.86. The number of hydrogen-bond acceptors (Lipinski definition) is 4. The Morgan fingerprint density at radius 2 is 2.35 bits per heavy atom. The molecule has 1 atom stereocenters. The van der Waals surface area contributed by atoms with E-state index in [2.05, 4.69) is 12.0 Å². The summed E-state index contributed by atoms with van der Waals surface area (Å²) in [6, 6.07) is 0.221. The van der Waals surface area contributed by atoms with Crippen LogP contribution in [-0.4, -0.2) is 45.7 Å². The largest absolute Gasteiger partial charge is 0.396 e. The molecule has 0 bridgehead atoms. The molecule has 1 heterocycles. The van der Waals surface area contributed by atoms with Gasteiger partial charge in [-0.15, -0.1) is 0 Å². The number of anilines is 1. The summed E-state index contributed by atoms with van der Waals surface area (Å²) in [5.41, 5.74) is 6.54. The first-order valence-corrected chi connectivity index (χ1v) is 6.95. The minimum atomic E-state index is -0.107. The van der Waals surface area contributed by atoms with E-state index >= 15 is 0 Å². The maximum absolute atomic E-state index is 12.2. The zero-order valence-electron chi connectivity index (χ0n) is 10.8. The van der Waals surface area contributed by atoms with Crippen LogP contribution in [-0.2, 0) is 7.05 Å². The predicted octanol–water partition coefficient (Wildman–Crippen LogP) is 1.22. The van der Waals surface area contributed by atoms with Crippen LogP contribution in [0.15, 0.2) is 6.20 Å². The molecule has 0 saturated heterocycles. The van der Waals surface area contributed by atoms with Gasteiger partial charge in [0.15, 0.2) is 5.69 Å². The molecule has 1 aromatic heterocycles. The molecule has 0 aromatic carbocycles. The molecule has 1 unspecified atom stereocenters. The molecule has 6 heteroatoms. The van der Waals surface area contributed by atoms with E-state index in [1.165, 1.54) is 0 Å². The third-order valence-electron chi connectivity index (χ3n) is 2.76. The van der Waals surface area contributed by atoms with E-state index in [-0.39, 0.29) is 11.9 Å². The highest BCUT2D eigenvalue weighted by atomic mass is 32.2. The van der Waals surface area contributed by atoms with Crippen molar-refractivity contribution in [3.8, 4) is 0 Å².